The van der Waals surface area contributed by atoms with E-state index >= 15 is 0 Å². The molecular weight excluding hydrogens is 300 g/mol. The molecule has 1 aromatic rings. The second-order valence-corrected chi connectivity index (χ2v) is 8.37. The molecule has 1 fully saturated rings. The number of hydrogen-bond acceptors (Lipinski definition) is 3. The minimum atomic E-state index is 0.0430. The molecule has 2 aliphatic heterocycles. The molecule has 0 saturated carbocycles. The maximum Gasteiger partial charge on any atom is 0.239 e. The van der Waals surface area contributed by atoms with Crippen molar-refractivity contribution in [3.8, 4) is 0 Å². The van der Waals surface area contributed by atoms with Gasteiger partial charge in [0.15, 0.2) is 0 Å². The number of likely N-dealkylation sites (tertiary alicyclic amines) is 1. The third-order valence-corrected chi connectivity index (χ3v) is 4.86. The number of hydrogen-bond donors (Lipinski definition) is 0. The third-order valence-electron chi connectivity index (χ3n) is 4.86. The van der Waals surface area contributed by atoms with Crippen molar-refractivity contribution in [1.82, 2.24) is 19.6 Å². The molecule has 3 rings (SSSR count). The molecule has 5 heteroatoms. The summed E-state index contributed by atoms with van der Waals surface area (Å²) in [6.07, 6.45) is 9.38. The lowest BCUT2D eigenvalue weighted by molar-refractivity contribution is -0.141. The number of rotatable bonds is 3. The van der Waals surface area contributed by atoms with E-state index < -0.39 is 0 Å². The Hall–Kier alpha value is -1.62. The Morgan fingerprint density at radius 1 is 1.29 bits per heavy atom. The fourth-order valence-electron chi connectivity index (χ4n) is 3.82. The van der Waals surface area contributed by atoms with Crippen LogP contribution in [0.3, 0.4) is 0 Å². The van der Waals surface area contributed by atoms with Crippen molar-refractivity contribution in [3.63, 3.8) is 0 Å². The molecule has 3 heterocycles. The minimum Gasteiger partial charge on any atom is -0.341 e. The average molecular weight is 330 g/mol. The minimum absolute atomic E-state index is 0.0430. The summed E-state index contributed by atoms with van der Waals surface area (Å²) in [6.45, 7) is 10.2. The van der Waals surface area contributed by atoms with Gasteiger partial charge in [0.25, 0.3) is 0 Å². The van der Waals surface area contributed by atoms with Crippen LogP contribution in [-0.4, -0.2) is 57.7 Å². The van der Waals surface area contributed by atoms with Crippen LogP contribution in [-0.2, 0) is 11.8 Å². The first-order valence-corrected chi connectivity index (χ1v) is 9.04. The molecule has 1 atom stereocenters. The fourth-order valence-corrected chi connectivity index (χ4v) is 3.82. The van der Waals surface area contributed by atoms with Gasteiger partial charge < -0.3 is 4.90 Å². The van der Waals surface area contributed by atoms with Gasteiger partial charge in [-0.05, 0) is 30.3 Å². The molecule has 0 N–H and O–H groups in total. The summed E-state index contributed by atoms with van der Waals surface area (Å²) in [4.78, 5) is 17.5. The maximum atomic E-state index is 13.0. The zero-order chi connectivity index (χ0) is 17.3. The van der Waals surface area contributed by atoms with Crippen molar-refractivity contribution in [2.45, 2.75) is 46.1 Å². The molecule has 0 spiro atoms. The smallest absolute Gasteiger partial charge is 0.239 e. The van der Waals surface area contributed by atoms with Gasteiger partial charge in [-0.3, -0.25) is 14.4 Å². The van der Waals surface area contributed by atoms with Crippen molar-refractivity contribution in [1.29, 1.82) is 0 Å². The van der Waals surface area contributed by atoms with Crippen molar-refractivity contribution < 1.29 is 4.79 Å². The van der Waals surface area contributed by atoms with Crippen LogP contribution >= 0.6 is 0 Å². The zero-order valence-corrected chi connectivity index (χ0v) is 15.5. The number of piperidine rings is 1. The maximum absolute atomic E-state index is 13.0. The highest BCUT2D eigenvalue weighted by molar-refractivity contribution is 5.83. The van der Waals surface area contributed by atoms with Crippen LogP contribution in [0.4, 0.5) is 0 Å². The number of carbonyl (C=O) groups excluding carboxylic acids is 1. The molecular formula is C19H30N4O. The summed E-state index contributed by atoms with van der Waals surface area (Å²) in [6, 6.07) is 0.0430. The van der Waals surface area contributed by atoms with E-state index in [2.05, 4.69) is 47.9 Å². The third kappa shape index (κ3) is 3.89. The number of nitrogens with zero attached hydrogens (tertiary/aromatic N) is 4. The second-order valence-electron chi connectivity index (χ2n) is 8.37. The largest absolute Gasteiger partial charge is 0.341 e. The van der Waals surface area contributed by atoms with E-state index in [9.17, 15) is 4.79 Å². The fraction of sp³-hybridized carbons (Fsp3) is 0.684. The zero-order valence-electron chi connectivity index (χ0n) is 15.5. The van der Waals surface area contributed by atoms with E-state index in [-0.39, 0.29) is 11.5 Å². The van der Waals surface area contributed by atoms with Crippen LogP contribution in [0.1, 0.15) is 45.6 Å². The monoisotopic (exact) mass is 330 g/mol. The first kappa shape index (κ1) is 17.2. The van der Waals surface area contributed by atoms with Crippen molar-refractivity contribution >= 4 is 11.5 Å². The summed E-state index contributed by atoms with van der Waals surface area (Å²) in [7, 11) is 1.94. The van der Waals surface area contributed by atoms with Gasteiger partial charge in [-0.2, -0.15) is 5.10 Å². The molecule has 1 unspecified atom stereocenters. The molecule has 0 aromatic carbocycles. The van der Waals surface area contributed by atoms with Crippen molar-refractivity contribution in [2.75, 3.05) is 26.2 Å². The van der Waals surface area contributed by atoms with Gasteiger partial charge in [-0.25, -0.2) is 0 Å². The van der Waals surface area contributed by atoms with E-state index in [0.29, 0.717) is 5.91 Å². The molecule has 5 nitrogen and oxygen atoms in total. The van der Waals surface area contributed by atoms with Crippen LogP contribution in [0, 0.1) is 5.41 Å². The van der Waals surface area contributed by atoms with E-state index in [1.54, 1.807) is 0 Å². The van der Waals surface area contributed by atoms with Gasteiger partial charge >= 0.3 is 0 Å². The van der Waals surface area contributed by atoms with Crippen LogP contribution in [0.5, 0.6) is 0 Å². The Kier molecular flexibility index (Phi) is 4.81. The highest BCUT2D eigenvalue weighted by Gasteiger charge is 2.35. The Morgan fingerprint density at radius 2 is 2.08 bits per heavy atom. The number of aryl methyl sites for hydroxylation is 1. The summed E-state index contributed by atoms with van der Waals surface area (Å²) in [5, 5.41) is 4.28. The lowest BCUT2D eigenvalue weighted by atomic mass is 9.93. The topological polar surface area (TPSA) is 41.4 Å². The van der Waals surface area contributed by atoms with Gasteiger partial charge in [0.2, 0.25) is 5.91 Å². The van der Waals surface area contributed by atoms with E-state index in [0.717, 1.165) is 45.4 Å². The molecule has 1 saturated heterocycles. The standard InChI is InChI=1S/C19H30N4O/c1-19(2,3)14-23-10-6-8-17(18(23)24)22-9-5-7-15(13-22)16-11-20-21(4)12-16/h7,11-12,17H,5-6,8-10,13-14H2,1-4H3. The van der Waals surface area contributed by atoms with Crippen molar-refractivity contribution in [3.05, 3.63) is 24.0 Å². The summed E-state index contributed by atoms with van der Waals surface area (Å²) < 4.78 is 1.84. The van der Waals surface area contributed by atoms with E-state index in [4.69, 9.17) is 0 Å². The number of carbonyl (C=O) groups is 1. The molecule has 1 aromatic heterocycles. The second kappa shape index (κ2) is 6.71. The van der Waals surface area contributed by atoms with Gasteiger partial charge in [-0.1, -0.05) is 26.8 Å². The molecule has 132 valence electrons. The summed E-state index contributed by atoms with van der Waals surface area (Å²) in [5.74, 6) is 0.323. The molecule has 0 aliphatic carbocycles. The Morgan fingerprint density at radius 3 is 2.75 bits per heavy atom. The lowest BCUT2D eigenvalue weighted by Gasteiger charge is -2.41. The van der Waals surface area contributed by atoms with Crippen LogP contribution in [0.2, 0.25) is 0 Å². The van der Waals surface area contributed by atoms with E-state index in [1.165, 1.54) is 11.1 Å². The predicted molar refractivity (Wildman–Crippen MR) is 96.4 cm³/mol. The SMILES string of the molecule is Cn1cc(C2=CCCN(C3CCCN(CC(C)(C)C)C3=O)C2)cn1. The Balaban J connectivity index is 1.69. The Bertz CT molecular complexity index is 626. The summed E-state index contributed by atoms with van der Waals surface area (Å²) >= 11 is 0. The van der Waals surface area contributed by atoms with Gasteiger partial charge in [0.1, 0.15) is 0 Å². The predicted octanol–water partition coefficient (Wildman–Crippen LogP) is 2.55. The highest BCUT2D eigenvalue weighted by atomic mass is 16.2. The van der Waals surface area contributed by atoms with Crippen LogP contribution in [0.15, 0.2) is 18.5 Å². The molecule has 24 heavy (non-hydrogen) atoms. The first-order chi connectivity index (χ1) is 11.3. The number of amides is 1. The lowest BCUT2D eigenvalue weighted by Crippen LogP contribution is -2.54. The quantitative estimate of drug-likeness (QED) is 0.855. The molecule has 2 aliphatic rings. The van der Waals surface area contributed by atoms with Crippen LogP contribution < -0.4 is 0 Å². The molecule has 0 radical (unpaired) electrons. The van der Waals surface area contributed by atoms with Gasteiger partial charge in [0, 0.05) is 45.0 Å². The normalized spacial score (nSPS) is 23.5. The molecule has 1 amide bonds. The Labute approximate surface area is 145 Å². The van der Waals surface area contributed by atoms with Gasteiger partial charge in [0.05, 0.1) is 12.2 Å². The average Bonchev–Trinajstić information content (AvgIpc) is 2.95. The number of aromatic nitrogens is 2. The van der Waals surface area contributed by atoms with Gasteiger partial charge in [-0.15, -0.1) is 0 Å². The van der Waals surface area contributed by atoms with Crippen molar-refractivity contribution in [2.24, 2.45) is 12.5 Å². The van der Waals surface area contributed by atoms with Crippen LogP contribution in [0.25, 0.3) is 5.57 Å². The first-order valence-electron chi connectivity index (χ1n) is 9.04. The highest BCUT2D eigenvalue weighted by Crippen LogP contribution is 2.27. The molecule has 0 bridgehead atoms. The summed E-state index contributed by atoms with van der Waals surface area (Å²) in [5.41, 5.74) is 2.63. The van der Waals surface area contributed by atoms with E-state index in [1.807, 2.05) is 17.9 Å².